The highest BCUT2D eigenvalue weighted by Gasteiger charge is 2.32. The van der Waals surface area contributed by atoms with Crippen LogP contribution in [0.25, 0.3) is 0 Å². The monoisotopic (exact) mass is 1410 g/mol. The molecule has 0 rings (SSSR count). The van der Waals surface area contributed by atoms with E-state index in [1.165, 1.54) is 127 Å². The second kappa shape index (κ2) is 59.2. The summed E-state index contributed by atoms with van der Waals surface area (Å²) in [6.07, 6.45) is 79.9. The van der Waals surface area contributed by atoms with Crippen molar-refractivity contribution in [1.82, 2.24) is 0 Å². The molecule has 7 nitrogen and oxygen atoms in total. The first-order valence-corrected chi connectivity index (χ1v) is 41.7. The van der Waals surface area contributed by atoms with Crippen molar-refractivity contribution in [3.63, 3.8) is 0 Å². The Morgan fingerprint density at radius 3 is 0.556 bits per heavy atom. The van der Waals surface area contributed by atoms with Gasteiger partial charge in [-0.1, -0.05) is 205 Å². The Kier molecular flexibility index (Phi) is 56.8. The molecule has 0 saturated carbocycles. The number of rotatable bonds is 57. The van der Waals surface area contributed by atoms with E-state index in [9.17, 15) is 14.0 Å². The zero-order valence-electron chi connectivity index (χ0n) is 67.2. The van der Waals surface area contributed by atoms with Crippen LogP contribution in [0.1, 0.15) is 356 Å². The van der Waals surface area contributed by atoms with Crippen molar-refractivity contribution in [3.8, 4) is 0 Å². The minimum absolute atomic E-state index is 0.114. The molecule has 0 aromatic rings. The molecule has 0 radical (unpaired) electrons. The van der Waals surface area contributed by atoms with E-state index in [0.717, 1.165) is 186 Å². The predicted molar refractivity (Wildman–Crippen MR) is 439 cm³/mol. The van der Waals surface area contributed by atoms with Crippen molar-refractivity contribution in [1.29, 1.82) is 0 Å². The highest BCUT2D eigenvalue weighted by atomic mass is 31.3. The summed E-state index contributed by atoms with van der Waals surface area (Å²) in [5.41, 5.74) is 25.4. The standard InChI is InChI=1S/C90H150O7P2/c1-73(2)37-20-38-74(3)39-21-40-75(4)41-22-42-76(5)43-23-44-77(6)45-24-46-78(7)47-25-48-79(8)49-26-50-80(9)51-27-52-81(10)53-28-54-82(11)55-29-56-83(12)57-30-58-84(13)59-31-60-85(14)61-32-62-86(15)63-33-64-87(16)65-34-66-88(17)67-35-68-89(18)69-36-70-90(19)71-72-96-99(94,95)97-98(91,92)93/h37,39,41,43,45,47,49,51,53,55,57,59,61,63,65,67,69,90H,20-36,38,40,42,44,46,48,50,52,54,56,58,60,62,64,66,68,70-72H2,1-19H3,(H,94,95)(H2,91,92,93)/b74-39+,75-41+,76-43-,77-45-,78-47-,79-49-,80-51-,81-53-,82-55-,83-57-,84-59-,85-61-,86-63-,87-65-,88-67-,89-69-. The average Bonchev–Trinajstić information content (AvgIpc) is 2.53. The second-order valence-corrected chi connectivity index (χ2v) is 32.9. The van der Waals surface area contributed by atoms with Gasteiger partial charge < -0.3 is 14.7 Å². The summed E-state index contributed by atoms with van der Waals surface area (Å²) in [7, 11) is -9.87. The van der Waals surface area contributed by atoms with Crippen LogP contribution >= 0.6 is 15.6 Å². The van der Waals surface area contributed by atoms with Gasteiger partial charge in [-0.15, -0.1) is 0 Å². The largest absolute Gasteiger partial charge is 0.481 e. The molecule has 0 heterocycles. The highest BCUT2D eigenvalue weighted by molar-refractivity contribution is 7.60. The van der Waals surface area contributed by atoms with Crippen LogP contribution in [0.15, 0.2) is 198 Å². The topological polar surface area (TPSA) is 113 Å². The first-order valence-electron chi connectivity index (χ1n) is 38.7. The van der Waals surface area contributed by atoms with Crippen molar-refractivity contribution >= 4 is 15.6 Å². The minimum atomic E-state index is -5.10. The number of hydrogen-bond acceptors (Lipinski definition) is 4. The van der Waals surface area contributed by atoms with E-state index in [4.69, 9.17) is 9.79 Å². The Bertz CT molecular complexity index is 2930. The first-order chi connectivity index (χ1) is 46.8. The number of hydrogen-bond donors (Lipinski definition) is 3. The van der Waals surface area contributed by atoms with Crippen LogP contribution in [0.3, 0.4) is 0 Å². The Balaban J connectivity index is 4.35. The van der Waals surface area contributed by atoms with Gasteiger partial charge in [-0.2, -0.15) is 4.31 Å². The zero-order chi connectivity index (χ0) is 74.3. The maximum Gasteiger partial charge on any atom is 0.481 e. The number of phosphoric ester groups is 1. The smallest absolute Gasteiger partial charge is 0.302 e. The fourth-order valence-electron chi connectivity index (χ4n) is 11.7. The van der Waals surface area contributed by atoms with E-state index in [0.29, 0.717) is 6.42 Å². The van der Waals surface area contributed by atoms with E-state index in [1.807, 2.05) is 6.92 Å². The molecular formula is C90H150O7P2. The van der Waals surface area contributed by atoms with Crippen LogP contribution in [-0.4, -0.2) is 21.3 Å². The number of allylic oxidation sites excluding steroid dienone is 34. The maximum absolute atomic E-state index is 11.6. The molecule has 2 unspecified atom stereocenters. The molecule has 0 aromatic carbocycles. The summed E-state index contributed by atoms with van der Waals surface area (Å²) >= 11 is 0. The Morgan fingerprint density at radius 2 is 0.404 bits per heavy atom. The Labute approximate surface area is 611 Å². The summed E-state index contributed by atoms with van der Waals surface area (Å²) in [5, 5.41) is 0. The van der Waals surface area contributed by atoms with Crippen molar-refractivity contribution in [2.45, 2.75) is 356 Å². The lowest BCUT2D eigenvalue weighted by Crippen LogP contribution is -2.02. The lowest BCUT2D eigenvalue weighted by atomic mass is 10.0. The Morgan fingerprint density at radius 1 is 0.253 bits per heavy atom. The third-order valence-corrected chi connectivity index (χ3v) is 21.0. The van der Waals surface area contributed by atoms with Crippen LogP contribution in [-0.2, 0) is 18.0 Å². The molecule has 0 spiro atoms. The Hall–Kier alpha value is -4.16. The van der Waals surface area contributed by atoms with Gasteiger partial charge in [-0.3, -0.25) is 4.52 Å². The number of phosphoric acid groups is 2. The van der Waals surface area contributed by atoms with Crippen LogP contribution in [0.2, 0.25) is 0 Å². The lowest BCUT2D eigenvalue weighted by molar-refractivity contribution is 0.170. The molecule has 0 fully saturated rings. The van der Waals surface area contributed by atoms with Gasteiger partial charge in [-0.25, -0.2) is 9.13 Å². The third kappa shape index (κ3) is 64.4. The van der Waals surface area contributed by atoms with Crippen molar-refractivity contribution in [2.24, 2.45) is 5.92 Å². The summed E-state index contributed by atoms with van der Waals surface area (Å²) in [6, 6.07) is 0. The molecule has 3 N–H and O–H groups in total. The molecule has 0 amide bonds. The van der Waals surface area contributed by atoms with Crippen LogP contribution in [0, 0.1) is 5.92 Å². The third-order valence-electron chi connectivity index (χ3n) is 18.8. The minimum Gasteiger partial charge on any atom is -0.302 e. The van der Waals surface area contributed by atoms with Gasteiger partial charge in [0.15, 0.2) is 0 Å². The molecule has 0 aliphatic rings. The fraction of sp³-hybridized carbons (Fsp3) is 0.622. The van der Waals surface area contributed by atoms with E-state index in [1.54, 1.807) is 0 Å². The lowest BCUT2D eigenvalue weighted by Gasteiger charge is -2.14. The quantitative estimate of drug-likeness (QED) is 0.0411. The molecule has 9 heteroatoms. The van der Waals surface area contributed by atoms with E-state index in [-0.39, 0.29) is 12.5 Å². The molecule has 0 aliphatic heterocycles. The molecule has 0 bridgehead atoms. The normalized spacial score (nSPS) is 16.0. The van der Waals surface area contributed by atoms with Crippen molar-refractivity contribution in [2.75, 3.05) is 6.61 Å². The van der Waals surface area contributed by atoms with Gasteiger partial charge in [0.1, 0.15) is 0 Å². The zero-order valence-corrected chi connectivity index (χ0v) is 69.0. The summed E-state index contributed by atoms with van der Waals surface area (Å²) < 4.78 is 30.9. The molecule has 0 aliphatic carbocycles. The molecule has 99 heavy (non-hydrogen) atoms. The van der Waals surface area contributed by atoms with Crippen LogP contribution < -0.4 is 0 Å². The van der Waals surface area contributed by atoms with Gasteiger partial charge in [-0.05, 0) is 355 Å². The van der Waals surface area contributed by atoms with Gasteiger partial charge >= 0.3 is 15.6 Å². The van der Waals surface area contributed by atoms with E-state index < -0.39 is 15.6 Å². The summed E-state index contributed by atoms with van der Waals surface area (Å²) in [4.78, 5) is 26.9. The fourth-order valence-corrected chi connectivity index (χ4v) is 13.3. The first kappa shape index (κ1) is 94.8. The van der Waals surface area contributed by atoms with Gasteiger partial charge in [0.25, 0.3) is 0 Å². The average molecular weight is 1410 g/mol. The SMILES string of the molecule is CC(C)=CCC/C(C)=C/CC/C(C)=C/CC/C(C)=C\CC/C(C)=C\CC/C(C)=C\CC/C(C)=C\CC/C(C)=C\CC/C(C)=C\CC/C(C)=C\CC/C(C)=C\CC/C(C)=C\CC/C(C)=C\CC/C(C)=C\CC/C(C)=C\CC/C(C)=C\CC/C(C)=C\CCC(C)CCOP(=O)(O)OP(=O)(O)O. The van der Waals surface area contributed by atoms with E-state index in [2.05, 4.69) is 237 Å². The predicted octanol–water partition coefficient (Wildman–Crippen LogP) is 30.6. The van der Waals surface area contributed by atoms with Gasteiger partial charge in [0, 0.05) is 0 Å². The van der Waals surface area contributed by atoms with Crippen LogP contribution in [0.5, 0.6) is 0 Å². The molecule has 0 aromatic heterocycles. The molecule has 0 saturated heterocycles. The van der Waals surface area contributed by atoms with Crippen molar-refractivity contribution < 1.29 is 32.6 Å². The van der Waals surface area contributed by atoms with Gasteiger partial charge in [0.05, 0.1) is 6.61 Å². The highest BCUT2D eigenvalue weighted by Crippen LogP contribution is 2.57. The van der Waals surface area contributed by atoms with E-state index >= 15 is 0 Å². The van der Waals surface area contributed by atoms with Crippen LogP contribution in [0.4, 0.5) is 0 Å². The van der Waals surface area contributed by atoms with Crippen molar-refractivity contribution in [3.05, 3.63) is 198 Å². The summed E-state index contributed by atoms with van der Waals surface area (Å²) in [5.74, 6) is 0.218. The summed E-state index contributed by atoms with van der Waals surface area (Å²) in [6.45, 7) is 42.9. The molecular weight excluding hydrogens is 1250 g/mol. The molecule has 2 atom stereocenters. The maximum atomic E-state index is 11.6. The second-order valence-electron chi connectivity index (χ2n) is 30.1. The molecule has 562 valence electrons. The van der Waals surface area contributed by atoms with Gasteiger partial charge in [0.2, 0.25) is 0 Å².